The van der Waals surface area contributed by atoms with E-state index in [1.54, 1.807) is 36.4 Å². The lowest BCUT2D eigenvalue weighted by molar-refractivity contribution is 0.0929. The van der Waals surface area contributed by atoms with E-state index in [-0.39, 0.29) is 11.3 Å². The summed E-state index contributed by atoms with van der Waals surface area (Å²) in [7, 11) is 0. The normalized spacial score (nSPS) is 15.2. The zero-order valence-electron chi connectivity index (χ0n) is 18.5. The first-order valence-electron chi connectivity index (χ1n) is 10.5. The average Bonchev–Trinajstić information content (AvgIpc) is 3.14. The van der Waals surface area contributed by atoms with E-state index < -0.39 is 11.7 Å². The number of carbonyl (C=O) groups is 1. The number of hydrazone groups is 1. The van der Waals surface area contributed by atoms with Crippen molar-refractivity contribution >= 4 is 46.0 Å². The van der Waals surface area contributed by atoms with Gasteiger partial charge in [0.05, 0.1) is 11.8 Å². The van der Waals surface area contributed by atoms with Crippen molar-refractivity contribution < 1.29 is 13.6 Å². The second kappa shape index (κ2) is 8.43. The minimum Gasteiger partial charge on any atom is -0.451 e. The van der Waals surface area contributed by atoms with E-state index >= 15 is 0 Å². The number of allylic oxidation sites excluding steroid dienone is 1. The fourth-order valence-corrected chi connectivity index (χ4v) is 4.37. The highest BCUT2D eigenvalue weighted by atomic mass is 35.5. The molecule has 0 radical (unpaired) electrons. The number of nitrogens with one attached hydrogen (secondary N) is 1. The number of anilines is 1. The molecule has 3 aromatic rings. The molecule has 1 N–H and O–H groups in total. The molecule has 166 valence electrons. The first-order chi connectivity index (χ1) is 15.2. The molecule has 1 aliphatic rings. The maximum Gasteiger partial charge on any atom is 0.307 e. The minimum atomic E-state index is -0.529. The average molecular weight is 454 g/mol. The number of carbonyl (C=O) groups excluding carboxylic acids is 1. The summed E-state index contributed by atoms with van der Waals surface area (Å²) in [5.74, 6) is -0.827. The summed E-state index contributed by atoms with van der Waals surface area (Å²) in [4.78, 5) is 14.6. The molecule has 2 heterocycles. The molecule has 2 aromatic carbocycles. The van der Waals surface area contributed by atoms with E-state index in [0.717, 1.165) is 29.8 Å². The van der Waals surface area contributed by atoms with Gasteiger partial charge in [-0.2, -0.15) is 5.10 Å². The molecule has 0 bridgehead atoms. The molecule has 0 saturated carbocycles. The molecular formula is C25H25ClFN3O2. The smallest absolute Gasteiger partial charge is 0.307 e. The topological polar surface area (TPSA) is 57.8 Å². The Bertz CT molecular complexity index is 1260. The van der Waals surface area contributed by atoms with E-state index in [0.29, 0.717) is 21.6 Å². The van der Waals surface area contributed by atoms with Crippen molar-refractivity contribution in [3.63, 3.8) is 0 Å². The lowest BCUT2D eigenvalue weighted by Crippen LogP contribution is -2.45. The monoisotopic (exact) mass is 453 g/mol. The predicted octanol–water partition coefficient (Wildman–Crippen LogP) is 6.40. The summed E-state index contributed by atoms with van der Waals surface area (Å²) < 4.78 is 20.4. The molecule has 0 aliphatic carbocycles. The second-order valence-electron chi connectivity index (χ2n) is 8.52. The summed E-state index contributed by atoms with van der Waals surface area (Å²) >= 11 is 5.97. The van der Waals surface area contributed by atoms with Crippen molar-refractivity contribution in [1.82, 2.24) is 5.43 Å². The van der Waals surface area contributed by atoms with Gasteiger partial charge in [0.25, 0.3) is 0 Å². The summed E-state index contributed by atoms with van der Waals surface area (Å²) in [6.45, 7) is 9.22. The largest absolute Gasteiger partial charge is 0.451 e. The minimum absolute atomic E-state index is 0.0987. The Balaban J connectivity index is 1.57. The van der Waals surface area contributed by atoms with Crippen LogP contribution in [0.2, 0.25) is 5.02 Å². The van der Waals surface area contributed by atoms with Gasteiger partial charge in [0, 0.05) is 33.8 Å². The maximum atomic E-state index is 14.9. The molecule has 32 heavy (non-hydrogen) atoms. The molecule has 0 saturated heterocycles. The van der Waals surface area contributed by atoms with Gasteiger partial charge in [-0.3, -0.25) is 4.79 Å². The third kappa shape index (κ3) is 4.15. The van der Waals surface area contributed by atoms with Gasteiger partial charge in [-0.05, 0) is 69.2 Å². The molecule has 0 atom stereocenters. The highest BCUT2D eigenvalue weighted by Gasteiger charge is 2.31. The van der Waals surface area contributed by atoms with Crippen LogP contribution in [0.3, 0.4) is 0 Å². The Labute approximate surface area is 191 Å². The molecule has 0 unspecified atom stereocenters. The zero-order chi connectivity index (χ0) is 23.0. The van der Waals surface area contributed by atoms with Crippen LogP contribution in [0.4, 0.5) is 10.1 Å². The van der Waals surface area contributed by atoms with E-state index in [9.17, 15) is 9.18 Å². The Kier molecular flexibility index (Phi) is 5.82. The van der Waals surface area contributed by atoms with Crippen molar-refractivity contribution in [3.8, 4) is 0 Å². The van der Waals surface area contributed by atoms with Crippen LogP contribution >= 0.6 is 11.6 Å². The fraction of sp³-hybridized carbons (Fsp3) is 0.280. The summed E-state index contributed by atoms with van der Waals surface area (Å²) in [6, 6.07) is 10.00. The number of fused-ring (bicyclic) bond motifs is 2. The van der Waals surface area contributed by atoms with Gasteiger partial charge in [-0.1, -0.05) is 24.6 Å². The SMILES string of the molecule is CCCN1c2cc(F)c(/C=N\NC(=O)c3cc4cc(Cl)ccc4o3)cc2C(C)=CC1(C)C. The van der Waals surface area contributed by atoms with Crippen LogP contribution in [0.1, 0.15) is 55.8 Å². The van der Waals surface area contributed by atoms with Crippen LogP contribution < -0.4 is 10.3 Å². The van der Waals surface area contributed by atoms with Gasteiger partial charge in [-0.25, -0.2) is 9.82 Å². The predicted molar refractivity (Wildman–Crippen MR) is 128 cm³/mol. The van der Waals surface area contributed by atoms with Gasteiger partial charge in [-0.15, -0.1) is 0 Å². The Hall–Kier alpha value is -3.12. The zero-order valence-corrected chi connectivity index (χ0v) is 19.3. The Morgan fingerprint density at radius 1 is 1.28 bits per heavy atom. The summed E-state index contributed by atoms with van der Waals surface area (Å²) in [6.07, 6.45) is 4.46. The quantitative estimate of drug-likeness (QED) is 0.359. The number of halogens is 2. The molecule has 0 fully saturated rings. The summed E-state index contributed by atoms with van der Waals surface area (Å²) in [5, 5.41) is 5.21. The van der Waals surface area contributed by atoms with E-state index in [4.69, 9.17) is 16.0 Å². The number of nitrogens with zero attached hydrogens (tertiary/aromatic N) is 2. The van der Waals surface area contributed by atoms with E-state index in [2.05, 4.69) is 42.3 Å². The van der Waals surface area contributed by atoms with Gasteiger partial charge in [0.15, 0.2) is 5.76 Å². The van der Waals surface area contributed by atoms with Gasteiger partial charge in [0.2, 0.25) is 0 Å². The Morgan fingerprint density at radius 2 is 2.06 bits per heavy atom. The van der Waals surface area contributed by atoms with Gasteiger partial charge >= 0.3 is 5.91 Å². The first kappa shape index (κ1) is 22.1. The standard InChI is InChI=1S/C25H25ClFN3O2/c1-5-8-30-21-12-20(27)17(10-19(21)15(2)13-25(30,3)4)14-28-29-24(31)23-11-16-9-18(26)6-7-22(16)32-23/h6-7,9-14H,5,8H2,1-4H3,(H,29,31)/b28-14-. The third-order valence-electron chi connectivity index (χ3n) is 5.62. The number of benzene rings is 2. The van der Waals surface area contributed by atoms with Gasteiger partial charge < -0.3 is 9.32 Å². The Morgan fingerprint density at radius 3 is 2.81 bits per heavy atom. The lowest BCUT2D eigenvalue weighted by Gasteiger charge is -2.43. The van der Waals surface area contributed by atoms with Crippen molar-refractivity contribution in [2.24, 2.45) is 5.10 Å². The van der Waals surface area contributed by atoms with Gasteiger partial charge in [0.1, 0.15) is 11.4 Å². The van der Waals surface area contributed by atoms with Crippen LogP contribution in [0, 0.1) is 5.82 Å². The number of furan rings is 1. The third-order valence-corrected chi connectivity index (χ3v) is 5.85. The fourth-order valence-electron chi connectivity index (χ4n) is 4.19. The van der Waals surface area contributed by atoms with Crippen LogP contribution in [-0.4, -0.2) is 24.2 Å². The first-order valence-corrected chi connectivity index (χ1v) is 10.9. The second-order valence-corrected chi connectivity index (χ2v) is 8.95. The van der Waals surface area contributed by atoms with Crippen molar-refractivity contribution in [1.29, 1.82) is 0 Å². The number of hydrogen-bond donors (Lipinski definition) is 1. The molecule has 5 nitrogen and oxygen atoms in total. The van der Waals surface area contributed by atoms with Crippen molar-refractivity contribution in [2.45, 2.75) is 39.7 Å². The molecular weight excluding hydrogens is 429 g/mol. The van der Waals surface area contributed by atoms with Crippen LogP contribution in [0.5, 0.6) is 0 Å². The lowest BCUT2D eigenvalue weighted by atomic mass is 9.88. The van der Waals surface area contributed by atoms with E-state index in [1.165, 1.54) is 6.21 Å². The molecule has 1 aliphatic heterocycles. The highest BCUT2D eigenvalue weighted by Crippen LogP contribution is 2.40. The number of hydrogen-bond acceptors (Lipinski definition) is 4. The van der Waals surface area contributed by atoms with Crippen molar-refractivity contribution in [2.75, 3.05) is 11.4 Å². The molecule has 7 heteroatoms. The molecule has 1 aromatic heterocycles. The highest BCUT2D eigenvalue weighted by molar-refractivity contribution is 6.31. The van der Waals surface area contributed by atoms with E-state index in [1.807, 2.05) is 6.92 Å². The van der Waals surface area contributed by atoms with Crippen molar-refractivity contribution in [3.05, 3.63) is 70.2 Å². The molecule has 1 amide bonds. The number of rotatable bonds is 5. The molecule has 4 rings (SSSR count). The van der Waals surface area contributed by atoms with Crippen LogP contribution in [0.15, 0.2) is 52.0 Å². The maximum absolute atomic E-state index is 14.9. The molecule has 0 spiro atoms. The summed E-state index contributed by atoms with van der Waals surface area (Å²) in [5.41, 5.74) is 5.96. The van der Waals surface area contributed by atoms with Crippen LogP contribution in [-0.2, 0) is 0 Å². The van der Waals surface area contributed by atoms with Crippen LogP contribution in [0.25, 0.3) is 16.5 Å². The number of amides is 1.